The number of fused-ring (bicyclic) bond motifs is 1. The van der Waals surface area contributed by atoms with Gasteiger partial charge in [-0.25, -0.2) is 19.3 Å². The van der Waals surface area contributed by atoms with Crippen LogP contribution in [0.15, 0.2) is 24.7 Å². The molecule has 2 saturated heterocycles. The number of piperidine rings is 1. The first-order valence-electron chi connectivity index (χ1n) is 11.3. The van der Waals surface area contributed by atoms with Crippen molar-refractivity contribution in [3.63, 3.8) is 0 Å². The summed E-state index contributed by atoms with van der Waals surface area (Å²) in [5, 5.41) is 14.1. The molecule has 4 heterocycles. The van der Waals surface area contributed by atoms with Crippen molar-refractivity contribution in [1.82, 2.24) is 24.4 Å². The van der Waals surface area contributed by atoms with Gasteiger partial charge in [-0.05, 0) is 32.4 Å². The molecule has 5 rings (SSSR count). The number of aliphatic hydroxyl groups excluding tert-OH is 1. The highest BCUT2D eigenvalue weighted by atomic mass is 35.5. The van der Waals surface area contributed by atoms with Crippen molar-refractivity contribution in [1.29, 1.82) is 0 Å². The highest BCUT2D eigenvalue weighted by Gasteiger charge is 2.36. The zero-order chi connectivity index (χ0) is 24.0. The average Bonchev–Trinajstić information content (AvgIpc) is 3.20. The standard InChI is InChI=1S/C23H26ClFN6O3/c1-12(2)31-11-27-21-16(25)5-13(6-18(21)31)20-15(24)7-26-23(29-20)28-17-3-4-30(8-19(17)32)22(33)14-9-34-10-14/h5-7,11-12,14,17,19,32H,3-4,8-10H2,1-2H3,(H,26,28,29)/t17-,19-/m1/s1. The van der Waals surface area contributed by atoms with E-state index in [-0.39, 0.29) is 41.4 Å². The van der Waals surface area contributed by atoms with Crippen LogP contribution in [-0.2, 0) is 9.53 Å². The molecular formula is C23H26ClFN6O3. The van der Waals surface area contributed by atoms with E-state index in [4.69, 9.17) is 16.3 Å². The van der Waals surface area contributed by atoms with Gasteiger partial charge in [0.1, 0.15) is 5.52 Å². The molecule has 2 N–H and O–H groups in total. The van der Waals surface area contributed by atoms with E-state index in [1.165, 1.54) is 12.3 Å². The van der Waals surface area contributed by atoms with Crippen LogP contribution in [0.5, 0.6) is 0 Å². The molecule has 0 saturated carbocycles. The Hall–Kier alpha value is -2.82. The fraction of sp³-hybridized carbons (Fsp3) is 0.478. The number of imidazole rings is 1. The molecule has 11 heteroatoms. The Bertz CT molecular complexity index is 1230. The first-order chi connectivity index (χ1) is 16.3. The predicted molar refractivity (Wildman–Crippen MR) is 125 cm³/mol. The smallest absolute Gasteiger partial charge is 0.230 e. The van der Waals surface area contributed by atoms with Crippen molar-refractivity contribution >= 4 is 34.5 Å². The van der Waals surface area contributed by atoms with Crippen LogP contribution in [0, 0.1) is 11.7 Å². The van der Waals surface area contributed by atoms with E-state index in [2.05, 4.69) is 20.3 Å². The van der Waals surface area contributed by atoms with Gasteiger partial charge in [-0.1, -0.05) is 11.6 Å². The number of ether oxygens (including phenoxy) is 1. The van der Waals surface area contributed by atoms with Crippen LogP contribution >= 0.6 is 11.6 Å². The van der Waals surface area contributed by atoms with Crippen molar-refractivity contribution in [2.24, 2.45) is 5.92 Å². The first kappa shape index (κ1) is 22.9. The molecule has 0 bridgehead atoms. The van der Waals surface area contributed by atoms with Gasteiger partial charge >= 0.3 is 0 Å². The lowest BCUT2D eigenvalue weighted by atomic mass is 9.99. The predicted octanol–water partition coefficient (Wildman–Crippen LogP) is 2.89. The summed E-state index contributed by atoms with van der Waals surface area (Å²) in [6, 6.07) is 2.94. The molecule has 180 valence electrons. The van der Waals surface area contributed by atoms with Crippen LogP contribution in [0.1, 0.15) is 26.3 Å². The Labute approximate surface area is 200 Å². The molecular weight excluding hydrogens is 463 g/mol. The van der Waals surface area contributed by atoms with E-state index < -0.39 is 11.9 Å². The normalized spacial score (nSPS) is 21.2. The fourth-order valence-corrected chi connectivity index (χ4v) is 4.58. The summed E-state index contributed by atoms with van der Waals surface area (Å²) < 4.78 is 21.8. The number of carbonyl (C=O) groups is 1. The number of likely N-dealkylation sites (tertiary alicyclic amines) is 1. The summed E-state index contributed by atoms with van der Waals surface area (Å²) in [6.07, 6.45) is 2.83. The summed E-state index contributed by atoms with van der Waals surface area (Å²) in [4.78, 5) is 27.1. The Kier molecular flexibility index (Phi) is 6.13. The summed E-state index contributed by atoms with van der Waals surface area (Å²) >= 11 is 6.38. The Balaban J connectivity index is 1.36. The number of aliphatic hydroxyl groups is 1. The molecule has 2 fully saturated rings. The lowest BCUT2D eigenvalue weighted by molar-refractivity contribution is -0.153. The highest BCUT2D eigenvalue weighted by Crippen LogP contribution is 2.31. The largest absolute Gasteiger partial charge is 0.389 e. The van der Waals surface area contributed by atoms with Gasteiger partial charge in [0.15, 0.2) is 5.82 Å². The molecule has 2 aliphatic rings. The SMILES string of the molecule is CC(C)n1cnc2c(F)cc(-c3nc(N[C@@H]4CCN(C(=O)C5COC5)C[C@H]4O)ncc3Cl)cc21. The number of aromatic nitrogens is 4. The molecule has 1 aromatic carbocycles. The third kappa shape index (κ3) is 4.21. The zero-order valence-electron chi connectivity index (χ0n) is 18.9. The van der Waals surface area contributed by atoms with Crippen LogP contribution in [0.3, 0.4) is 0 Å². The zero-order valence-corrected chi connectivity index (χ0v) is 19.7. The number of rotatable bonds is 5. The number of β-amino-alcohol motifs (C(OH)–C–C–N with tert-alkyl or cyclic N) is 1. The van der Waals surface area contributed by atoms with Crippen molar-refractivity contribution in [3.05, 3.63) is 35.5 Å². The second kappa shape index (κ2) is 9.09. The van der Waals surface area contributed by atoms with E-state index in [9.17, 15) is 14.3 Å². The van der Waals surface area contributed by atoms with Crippen LogP contribution in [0.25, 0.3) is 22.3 Å². The van der Waals surface area contributed by atoms with Gasteiger partial charge in [0.05, 0.1) is 60.0 Å². The monoisotopic (exact) mass is 488 g/mol. The van der Waals surface area contributed by atoms with Crippen LogP contribution < -0.4 is 5.32 Å². The van der Waals surface area contributed by atoms with E-state index in [1.807, 2.05) is 24.5 Å². The number of nitrogens with zero attached hydrogens (tertiary/aromatic N) is 5. The Morgan fingerprint density at radius 3 is 2.79 bits per heavy atom. The van der Waals surface area contributed by atoms with Gasteiger partial charge in [0, 0.05) is 24.7 Å². The highest BCUT2D eigenvalue weighted by molar-refractivity contribution is 6.33. The van der Waals surface area contributed by atoms with Crippen LogP contribution in [0.2, 0.25) is 5.02 Å². The van der Waals surface area contributed by atoms with Gasteiger partial charge < -0.3 is 24.6 Å². The van der Waals surface area contributed by atoms with Gasteiger partial charge in [-0.2, -0.15) is 0 Å². The van der Waals surface area contributed by atoms with E-state index in [1.54, 1.807) is 11.2 Å². The molecule has 2 aromatic heterocycles. The molecule has 0 spiro atoms. The minimum Gasteiger partial charge on any atom is -0.389 e. The molecule has 9 nitrogen and oxygen atoms in total. The minimum atomic E-state index is -0.782. The van der Waals surface area contributed by atoms with Gasteiger partial charge in [0.2, 0.25) is 11.9 Å². The molecule has 1 amide bonds. The summed E-state index contributed by atoms with van der Waals surface area (Å²) in [6.45, 7) is 5.63. The summed E-state index contributed by atoms with van der Waals surface area (Å²) in [5.74, 6) is -0.274. The minimum absolute atomic E-state index is 0.0202. The van der Waals surface area contributed by atoms with Crippen molar-refractivity contribution in [2.45, 2.75) is 38.5 Å². The van der Waals surface area contributed by atoms with Gasteiger partial charge in [-0.3, -0.25) is 4.79 Å². The quantitative estimate of drug-likeness (QED) is 0.569. The second-order valence-corrected chi connectivity index (χ2v) is 9.49. The first-order valence-corrected chi connectivity index (χ1v) is 11.7. The fourth-order valence-electron chi connectivity index (χ4n) is 4.38. The summed E-state index contributed by atoms with van der Waals surface area (Å²) in [7, 11) is 0. The van der Waals surface area contributed by atoms with Crippen molar-refractivity contribution in [3.8, 4) is 11.3 Å². The third-order valence-electron chi connectivity index (χ3n) is 6.40. The number of hydrogen-bond acceptors (Lipinski definition) is 7. The van der Waals surface area contributed by atoms with E-state index in [0.717, 1.165) is 0 Å². The maximum atomic E-state index is 14.8. The number of amides is 1. The maximum Gasteiger partial charge on any atom is 0.230 e. The number of nitrogens with one attached hydrogen (secondary N) is 1. The molecule has 2 atom stereocenters. The number of hydrogen-bond donors (Lipinski definition) is 2. The lowest BCUT2D eigenvalue weighted by Crippen LogP contribution is -2.55. The summed E-state index contributed by atoms with van der Waals surface area (Å²) in [5.41, 5.74) is 1.83. The number of halogens is 2. The molecule has 34 heavy (non-hydrogen) atoms. The van der Waals surface area contributed by atoms with Crippen LogP contribution in [-0.4, -0.2) is 73.9 Å². The molecule has 3 aromatic rings. The van der Waals surface area contributed by atoms with Gasteiger partial charge in [-0.15, -0.1) is 0 Å². The topological polar surface area (TPSA) is 105 Å². The molecule has 0 unspecified atom stereocenters. The number of benzene rings is 1. The molecule has 0 radical (unpaired) electrons. The van der Waals surface area contributed by atoms with Crippen LogP contribution in [0.4, 0.5) is 10.3 Å². The number of carbonyl (C=O) groups excluding carboxylic acids is 1. The number of anilines is 1. The third-order valence-corrected chi connectivity index (χ3v) is 6.68. The van der Waals surface area contributed by atoms with Crippen molar-refractivity contribution < 1.29 is 19.0 Å². The van der Waals surface area contributed by atoms with Crippen molar-refractivity contribution in [2.75, 3.05) is 31.6 Å². The lowest BCUT2D eigenvalue weighted by Gasteiger charge is -2.39. The average molecular weight is 489 g/mol. The van der Waals surface area contributed by atoms with E-state index in [0.29, 0.717) is 48.5 Å². The van der Waals surface area contributed by atoms with Gasteiger partial charge in [0.25, 0.3) is 0 Å². The second-order valence-electron chi connectivity index (χ2n) is 9.09. The van der Waals surface area contributed by atoms with E-state index >= 15 is 0 Å². The molecule has 0 aliphatic carbocycles. The Morgan fingerprint density at radius 2 is 2.12 bits per heavy atom. The molecule has 2 aliphatic heterocycles. The maximum absolute atomic E-state index is 14.8. The Morgan fingerprint density at radius 1 is 1.32 bits per heavy atom.